The predicted molar refractivity (Wildman–Crippen MR) is 111 cm³/mol. The molecule has 0 radical (unpaired) electrons. The van der Waals surface area contributed by atoms with Gasteiger partial charge >= 0.3 is 11.9 Å². The number of furan rings is 1. The Bertz CT molecular complexity index is 1100. The standard InChI is InChI=1S/C21H15Cl2NO6/c1-28-20(26)11-7-12(21(27)29-2)9-14(8-11)24-19(25)18-6-5-17(30-18)15-4-3-13(22)10-16(15)23/h3-10H,1-2H3,(H,24,25). The summed E-state index contributed by atoms with van der Waals surface area (Å²) in [6.07, 6.45) is 0. The number of hydrogen-bond acceptors (Lipinski definition) is 6. The van der Waals surface area contributed by atoms with Gasteiger partial charge in [0.25, 0.3) is 5.91 Å². The van der Waals surface area contributed by atoms with Gasteiger partial charge in [-0.2, -0.15) is 0 Å². The molecule has 0 spiro atoms. The van der Waals surface area contributed by atoms with E-state index in [1.165, 1.54) is 38.5 Å². The number of rotatable bonds is 5. The van der Waals surface area contributed by atoms with Gasteiger partial charge in [-0.15, -0.1) is 0 Å². The number of hydrogen-bond donors (Lipinski definition) is 1. The normalized spacial score (nSPS) is 10.4. The van der Waals surface area contributed by atoms with Crippen LogP contribution < -0.4 is 5.32 Å². The van der Waals surface area contributed by atoms with Crippen LogP contribution in [0.4, 0.5) is 5.69 Å². The maximum atomic E-state index is 12.6. The van der Waals surface area contributed by atoms with E-state index in [9.17, 15) is 14.4 Å². The maximum absolute atomic E-state index is 12.6. The first-order valence-electron chi connectivity index (χ1n) is 8.50. The Hall–Kier alpha value is -3.29. The predicted octanol–water partition coefficient (Wildman–Crippen LogP) is 5.08. The molecule has 0 aliphatic rings. The van der Waals surface area contributed by atoms with Gasteiger partial charge in [-0.1, -0.05) is 23.2 Å². The summed E-state index contributed by atoms with van der Waals surface area (Å²) >= 11 is 12.1. The van der Waals surface area contributed by atoms with Crippen molar-refractivity contribution >= 4 is 46.7 Å². The third kappa shape index (κ3) is 4.64. The van der Waals surface area contributed by atoms with Crippen LogP contribution in [0.25, 0.3) is 11.3 Å². The highest BCUT2D eigenvalue weighted by Crippen LogP contribution is 2.31. The van der Waals surface area contributed by atoms with Gasteiger partial charge in [0.2, 0.25) is 0 Å². The van der Waals surface area contributed by atoms with E-state index in [-0.39, 0.29) is 22.6 Å². The highest BCUT2D eigenvalue weighted by atomic mass is 35.5. The third-order valence-electron chi connectivity index (χ3n) is 4.06. The number of benzene rings is 2. The zero-order chi connectivity index (χ0) is 21.8. The first-order valence-corrected chi connectivity index (χ1v) is 9.26. The van der Waals surface area contributed by atoms with Crippen molar-refractivity contribution in [3.8, 4) is 11.3 Å². The van der Waals surface area contributed by atoms with Crippen LogP contribution in [0, 0.1) is 0 Å². The first kappa shape index (κ1) is 21.4. The molecule has 9 heteroatoms. The molecule has 2 aromatic carbocycles. The van der Waals surface area contributed by atoms with E-state index >= 15 is 0 Å². The van der Waals surface area contributed by atoms with Crippen molar-refractivity contribution in [1.82, 2.24) is 0 Å². The molecule has 1 amide bonds. The van der Waals surface area contributed by atoms with Crippen LogP contribution in [0.2, 0.25) is 10.0 Å². The fraction of sp³-hybridized carbons (Fsp3) is 0.0952. The Kier molecular flexibility index (Phi) is 6.44. The van der Waals surface area contributed by atoms with Crippen LogP contribution in [0.3, 0.4) is 0 Å². The van der Waals surface area contributed by atoms with Crippen molar-refractivity contribution in [3.63, 3.8) is 0 Å². The number of anilines is 1. The molecule has 30 heavy (non-hydrogen) atoms. The lowest BCUT2D eigenvalue weighted by molar-refractivity contribution is 0.0599. The lowest BCUT2D eigenvalue weighted by Gasteiger charge is -2.09. The van der Waals surface area contributed by atoms with E-state index in [0.29, 0.717) is 21.4 Å². The van der Waals surface area contributed by atoms with E-state index in [1.54, 1.807) is 24.3 Å². The molecule has 0 aliphatic heterocycles. The third-order valence-corrected chi connectivity index (χ3v) is 4.61. The number of halogens is 2. The van der Waals surface area contributed by atoms with Crippen LogP contribution in [-0.2, 0) is 9.47 Å². The largest absolute Gasteiger partial charge is 0.465 e. The van der Waals surface area contributed by atoms with Crippen LogP contribution >= 0.6 is 23.2 Å². The highest BCUT2D eigenvalue weighted by molar-refractivity contribution is 6.36. The SMILES string of the molecule is COC(=O)c1cc(NC(=O)c2ccc(-c3ccc(Cl)cc3Cl)o2)cc(C(=O)OC)c1. The van der Waals surface area contributed by atoms with Crippen LogP contribution in [-0.4, -0.2) is 32.1 Å². The van der Waals surface area contributed by atoms with Crippen molar-refractivity contribution in [2.45, 2.75) is 0 Å². The second kappa shape index (κ2) is 9.02. The summed E-state index contributed by atoms with van der Waals surface area (Å²) in [4.78, 5) is 36.4. The van der Waals surface area contributed by atoms with Crippen molar-refractivity contribution in [3.05, 3.63) is 75.5 Å². The lowest BCUT2D eigenvalue weighted by atomic mass is 10.1. The summed E-state index contributed by atoms with van der Waals surface area (Å²) in [6.45, 7) is 0. The molecule has 0 unspecified atom stereocenters. The summed E-state index contributed by atoms with van der Waals surface area (Å²) in [5.41, 5.74) is 0.902. The Morgan fingerprint density at radius 3 is 2.07 bits per heavy atom. The van der Waals surface area contributed by atoms with Gasteiger partial charge in [0.15, 0.2) is 5.76 Å². The van der Waals surface area contributed by atoms with Crippen molar-refractivity contribution < 1.29 is 28.3 Å². The molecule has 0 saturated heterocycles. The number of esters is 2. The van der Waals surface area contributed by atoms with Gasteiger partial charge in [-0.3, -0.25) is 4.79 Å². The minimum atomic E-state index is -0.672. The maximum Gasteiger partial charge on any atom is 0.337 e. The Balaban J connectivity index is 1.88. The molecule has 0 bridgehead atoms. The molecule has 7 nitrogen and oxygen atoms in total. The lowest BCUT2D eigenvalue weighted by Crippen LogP contribution is -2.13. The molecule has 3 aromatic rings. The molecule has 154 valence electrons. The summed E-state index contributed by atoms with van der Waals surface area (Å²) < 4.78 is 15.0. The number of methoxy groups -OCH3 is 2. The van der Waals surface area contributed by atoms with Crippen LogP contribution in [0.1, 0.15) is 31.3 Å². The second-order valence-electron chi connectivity index (χ2n) is 6.02. The molecule has 0 atom stereocenters. The average molecular weight is 448 g/mol. The molecular formula is C21H15Cl2NO6. The minimum Gasteiger partial charge on any atom is -0.465 e. The van der Waals surface area contributed by atoms with Crippen molar-refractivity contribution in [2.24, 2.45) is 0 Å². The molecule has 1 aromatic heterocycles. The molecule has 3 rings (SSSR count). The average Bonchev–Trinajstić information content (AvgIpc) is 3.22. The Labute approximate surface area is 181 Å². The first-order chi connectivity index (χ1) is 14.3. The number of ether oxygens (including phenoxy) is 2. The van der Waals surface area contributed by atoms with E-state index in [0.717, 1.165) is 0 Å². The minimum absolute atomic E-state index is 0.000828. The van der Waals surface area contributed by atoms with Gasteiger partial charge in [-0.25, -0.2) is 9.59 Å². The number of amides is 1. The smallest absolute Gasteiger partial charge is 0.337 e. The molecular weight excluding hydrogens is 433 g/mol. The quantitative estimate of drug-likeness (QED) is 0.547. The van der Waals surface area contributed by atoms with Gasteiger partial charge in [0, 0.05) is 16.3 Å². The number of nitrogens with one attached hydrogen (secondary N) is 1. The van der Waals surface area contributed by atoms with E-state index < -0.39 is 17.8 Å². The fourth-order valence-electron chi connectivity index (χ4n) is 2.66. The number of carbonyl (C=O) groups excluding carboxylic acids is 3. The van der Waals surface area contributed by atoms with Gasteiger partial charge in [0.05, 0.1) is 30.4 Å². The zero-order valence-electron chi connectivity index (χ0n) is 15.8. The van der Waals surface area contributed by atoms with Gasteiger partial charge < -0.3 is 19.2 Å². The fourth-order valence-corrected chi connectivity index (χ4v) is 3.16. The summed E-state index contributed by atoms with van der Waals surface area (Å²) in [7, 11) is 2.41. The topological polar surface area (TPSA) is 94.8 Å². The molecule has 1 heterocycles. The second-order valence-corrected chi connectivity index (χ2v) is 6.87. The molecule has 0 aliphatic carbocycles. The summed E-state index contributed by atoms with van der Waals surface area (Å²) in [5.74, 6) is -1.56. The monoisotopic (exact) mass is 447 g/mol. The van der Waals surface area contributed by atoms with Gasteiger partial charge in [-0.05, 0) is 48.5 Å². The van der Waals surface area contributed by atoms with E-state index in [2.05, 4.69) is 14.8 Å². The molecule has 0 fully saturated rings. The van der Waals surface area contributed by atoms with Crippen LogP contribution in [0.15, 0.2) is 52.9 Å². The van der Waals surface area contributed by atoms with Crippen LogP contribution in [0.5, 0.6) is 0 Å². The van der Waals surface area contributed by atoms with Crippen molar-refractivity contribution in [1.29, 1.82) is 0 Å². The molecule has 1 N–H and O–H groups in total. The molecule has 0 saturated carbocycles. The zero-order valence-corrected chi connectivity index (χ0v) is 17.3. The van der Waals surface area contributed by atoms with Gasteiger partial charge in [0.1, 0.15) is 5.76 Å². The summed E-state index contributed by atoms with van der Waals surface area (Å²) in [5, 5.41) is 3.43. The van der Waals surface area contributed by atoms with E-state index in [4.69, 9.17) is 27.6 Å². The van der Waals surface area contributed by atoms with Crippen molar-refractivity contribution in [2.75, 3.05) is 19.5 Å². The highest BCUT2D eigenvalue weighted by Gasteiger charge is 2.18. The Morgan fingerprint density at radius 2 is 1.50 bits per heavy atom. The van der Waals surface area contributed by atoms with E-state index in [1.807, 2.05) is 0 Å². The summed E-state index contributed by atoms with van der Waals surface area (Å²) in [6, 6.07) is 12.0. The Morgan fingerprint density at radius 1 is 0.867 bits per heavy atom. The number of carbonyl (C=O) groups is 3.